The molecule has 0 aromatic carbocycles. The van der Waals surface area contributed by atoms with E-state index in [1.807, 2.05) is 11.9 Å². The Morgan fingerprint density at radius 2 is 1.85 bits per heavy atom. The Hall–Kier alpha value is -0.610. The van der Waals surface area contributed by atoms with Gasteiger partial charge in [0, 0.05) is 26.1 Å². The summed E-state index contributed by atoms with van der Waals surface area (Å²) in [6.45, 7) is 1.33. The van der Waals surface area contributed by atoms with Crippen LogP contribution < -0.4 is 5.32 Å². The molecule has 2 N–H and O–H groups in total. The Kier molecular flexibility index (Phi) is 4.32. The number of aliphatic hydroxyl groups is 1. The maximum Gasteiger partial charge on any atom is 0.225 e. The number of β-amino-alcohol motifs (C(OH)–C–C–N with tert-alkyl or cyclic N) is 1. The number of nitrogens with one attached hydrogen (secondary N) is 1. The first-order chi connectivity index (χ1) is 9.66. The van der Waals surface area contributed by atoms with E-state index < -0.39 is 6.10 Å². The molecule has 0 aromatic rings. The van der Waals surface area contributed by atoms with Crippen molar-refractivity contribution >= 4 is 5.91 Å². The van der Waals surface area contributed by atoms with Crippen LogP contribution in [0.3, 0.4) is 0 Å². The second-order valence-corrected chi connectivity index (χ2v) is 7.06. The fraction of sp³-hybridized carbons (Fsp3) is 0.938. The van der Waals surface area contributed by atoms with Crippen molar-refractivity contribution < 1.29 is 9.90 Å². The van der Waals surface area contributed by atoms with Crippen LogP contribution in [-0.2, 0) is 4.79 Å². The molecule has 1 saturated heterocycles. The molecule has 2 aliphatic carbocycles. The van der Waals surface area contributed by atoms with Crippen LogP contribution in [0, 0.1) is 17.8 Å². The second-order valence-electron chi connectivity index (χ2n) is 7.06. The summed E-state index contributed by atoms with van der Waals surface area (Å²) in [5.41, 5.74) is 0. The Morgan fingerprint density at radius 1 is 1.10 bits per heavy atom. The molecule has 3 rings (SSSR count). The van der Waals surface area contributed by atoms with E-state index in [1.54, 1.807) is 0 Å². The average molecular weight is 280 g/mol. The molecule has 0 bridgehead atoms. The molecule has 5 atom stereocenters. The van der Waals surface area contributed by atoms with Crippen LogP contribution >= 0.6 is 0 Å². The molecule has 0 spiro atoms. The maximum atomic E-state index is 12.7. The van der Waals surface area contributed by atoms with Gasteiger partial charge in [-0.15, -0.1) is 0 Å². The maximum absolute atomic E-state index is 12.7. The van der Waals surface area contributed by atoms with Crippen molar-refractivity contribution in [1.82, 2.24) is 10.2 Å². The molecule has 1 amide bonds. The highest BCUT2D eigenvalue weighted by Crippen LogP contribution is 2.43. The van der Waals surface area contributed by atoms with Crippen LogP contribution in [-0.4, -0.2) is 48.2 Å². The number of hydrogen-bond acceptors (Lipinski definition) is 3. The van der Waals surface area contributed by atoms with Gasteiger partial charge in [0.1, 0.15) is 0 Å². The highest BCUT2D eigenvalue weighted by Gasteiger charge is 2.39. The average Bonchev–Trinajstić information content (AvgIpc) is 2.91. The van der Waals surface area contributed by atoms with E-state index in [-0.39, 0.29) is 17.9 Å². The molecule has 1 heterocycles. The summed E-state index contributed by atoms with van der Waals surface area (Å²) in [7, 11) is 1.87. The minimum Gasteiger partial charge on any atom is -0.390 e. The number of aliphatic hydroxyl groups excluding tert-OH is 1. The number of likely N-dealkylation sites (N-methyl/N-ethyl adjacent to an activating group) is 1. The molecule has 2 saturated carbocycles. The number of rotatable bonds is 2. The molecule has 1 aliphatic heterocycles. The predicted octanol–water partition coefficient (Wildman–Crippen LogP) is 1.38. The predicted molar refractivity (Wildman–Crippen MR) is 78.2 cm³/mol. The minimum absolute atomic E-state index is 0.0356. The summed E-state index contributed by atoms with van der Waals surface area (Å²) >= 11 is 0. The number of amides is 1. The van der Waals surface area contributed by atoms with Crippen LogP contribution in [0.1, 0.15) is 44.9 Å². The first kappa shape index (κ1) is 14.3. The van der Waals surface area contributed by atoms with Gasteiger partial charge in [0.15, 0.2) is 0 Å². The number of carbonyl (C=O) groups excluding carboxylic acids is 1. The molecule has 3 fully saturated rings. The summed E-state index contributed by atoms with van der Waals surface area (Å²) in [4.78, 5) is 14.5. The van der Waals surface area contributed by atoms with E-state index in [2.05, 4.69) is 5.32 Å². The van der Waals surface area contributed by atoms with E-state index >= 15 is 0 Å². The van der Waals surface area contributed by atoms with Crippen molar-refractivity contribution in [2.24, 2.45) is 17.8 Å². The van der Waals surface area contributed by atoms with Gasteiger partial charge in [-0.25, -0.2) is 0 Å². The lowest BCUT2D eigenvalue weighted by Crippen LogP contribution is -2.48. The van der Waals surface area contributed by atoms with E-state index in [1.165, 1.54) is 32.1 Å². The van der Waals surface area contributed by atoms with Crippen molar-refractivity contribution in [2.75, 3.05) is 20.1 Å². The third kappa shape index (κ3) is 2.73. The van der Waals surface area contributed by atoms with Gasteiger partial charge < -0.3 is 15.3 Å². The second kappa shape index (κ2) is 6.02. The number of fused-ring (bicyclic) bond motifs is 1. The van der Waals surface area contributed by atoms with Crippen LogP contribution in [0.2, 0.25) is 0 Å². The van der Waals surface area contributed by atoms with E-state index in [9.17, 15) is 9.90 Å². The number of nitrogens with zero attached hydrogens (tertiary/aromatic N) is 1. The summed E-state index contributed by atoms with van der Waals surface area (Å²) < 4.78 is 0. The van der Waals surface area contributed by atoms with Gasteiger partial charge in [0.2, 0.25) is 5.91 Å². The summed E-state index contributed by atoms with van der Waals surface area (Å²) in [5.74, 6) is 2.14. The largest absolute Gasteiger partial charge is 0.390 e. The molecular formula is C16H28N2O2. The van der Waals surface area contributed by atoms with Gasteiger partial charge in [0.25, 0.3) is 0 Å². The smallest absolute Gasteiger partial charge is 0.225 e. The summed E-state index contributed by atoms with van der Waals surface area (Å²) in [5, 5.41) is 13.1. The Balaban J connectivity index is 1.59. The SMILES string of the molecule is CN(C(=O)C1CCC2CCCCC2C1)[C@H]1CNC[C@@H]1O. The lowest BCUT2D eigenvalue weighted by Gasteiger charge is -2.40. The first-order valence-electron chi connectivity index (χ1n) is 8.32. The topological polar surface area (TPSA) is 52.6 Å². The standard InChI is InChI=1S/C16H28N2O2/c1-18(14-9-17-10-15(14)19)16(20)13-7-6-11-4-2-3-5-12(11)8-13/h11-15,17,19H,2-10H2,1H3/t11?,12?,13?,14-,15-/m0/s1. The molecule has 0 aromatic heterocycles. The van der Waals surface area contributed by atoms with Gasteiger partial charge in [-0.1, -0.05) is 25.7 Å². The zero-order valence-electron chi connectivity index (χ0n) is 12.6. The third-order valence-corrected chi connectivity index (χ3v) is 5.89. The van der Waals surface area contributed by atoms with Crippen molar-refractivity contribution in [3.05, 3.63) is 0 Å². The van der Waals surface area contributed by atoms with Crippen molar-refractivity contribution in [3.63, 3.8) is 0 Å². The molecule has 20 heavy (non-hydrogen) atoms. The zero-order valence-corrected chi connectivity index (χ0v) is 12.6. The van der Waals surface area contributed by atoms with Crippen LogP contribution in [0.25, 0.3) is 0 Å². The lowest BCUT2D eigenvalue weighted by molar-refractivity contribution is -0.140. The monoisotopic (exact) mass is 280 g/mol. The number of carbonyl (C=O) groups is 1. The quantitative estimate of drug-likeness (QED) is 0.803. The molecule has 114 valence electrons. The summed E-state index contributed by atoms with van der Waals surface area (Å²) in [6, 6.07) is -0.0356. The fourth-order valence-electron chi connectivity index (χ4n) is 4.60. The van der Waals surface area contributed by atoms with Gasteiger partial charge in [-0.05, 0) is 31.1 Å². The molecule has 4 nitrogen and oxygen atoms in total. The molecule has 3 aliphatic rings. The molecule has 0 radical (unpaired) electrons. The van der Waals surface area contributed by atoms with Gasteiger partial charge in [-0.2, -0.15) is 0 Å². The van der Waals surface area contributed by atoms with E-state index in [0.29, 0.717) is 6.54 Å². The highest BCUT2D eigenvalue weighted by molar-refractivity contribution is 5.79. The third-order valence-electron chi connectivity index (χ3n) is 5.89. The summed E-state index contributed by atoms with van der Waals surface area (Å²) in [6.07, 6.45) is 8.42. The molecule has 4 heteroatoms. The molecule has 3 unspecified atom stereocenters. The highest BCUT2D eigenvalue weighted by atomic mass is 16.3. The Morgan fingerprint density at radius 3 is 2.55 bits per heavy atom. The zero-order chi connectivity index (χ0) is 14.1. The van der Waals surface area contributed by atoms with E-state index in [4.69, 9.17) is 0 Å². The van der Waals surface area contributed by atoms with E-state index in [0.717, 1.165) is 31.2 Å². The van der Waals surface area contributed by atoms with Crippen LogP contribution in [0.5, 0.6) is 0 Å². The minimum atomic E-state index is -0.407. The number of hydrogen-bond donors (Lipinski definition) is 2. The fourth-order valence-corrected chi connectivity index (χ4v) is 4.60. The Bertz CT molecular complexity index is 360. The van der Waals surface area contributed by atoms with Crippen molar-refractivity contribution in [2.45, 2.75) is 57.1 Å². The lowest BCUT2D eigenvalue weighted by atomic mass is 9.67. The Labute approximate surface area is 121 Å². The van der Waals surface area contributed by atoms with Gasteiger partial charge in [-0.3, -0.25) is 4.79 Å². The van der Waals surface area contributed by atoms with Gasteiger partial charge in [0.05, 0.1) is 12.1 Å². The van der Waals surface area contributed by atoms with Crippen molar-refractivity contribution in [1.29, 1.82) is 0 Å². The van der Waals surface area contributed by atoms with Crippen molar-refractivity contribution in [3.8, 4) is 0 Å². The van der Waals surface area contributed by atoms with Crippen LogP contribution in [0.4, 0.5) is 0 Å². The molecular weight excluding hydrogens is 252 g/mol. The van der Waals surface area contributed by atoms with Gasteiger partial charge >= 0.3 is 0 Å². The normalized spacial score (nSPS) is 41.2. The first-order valence-corrected chi connectivity index (χ1v) is 8.32. The van der Waals surface area contributed by atoms with Crippen LogP contribution in [0.15, 0.2) is 0 Å².